The number of hydrogen-bond acceptors (Lipinski definition) is 3. The Hall–Kier alpha value is -1.08. The summed E-state index contributed by atoms with van der Waals surface area (Å²) in [6.07, 6.45) is 1.95. The summed E-state index contributed by atoms with van der Waals surface area (Å²) in [6, 6.07) is 2.07. The van der Waals surface area contributed by atoms with Crippen LogP contribution in [0.3, 0.4) is 0 Å². The summed E-state index contributed by atoms with van der Waals surface area (Å²) >= 11 is 0. The minimum atomic E-state index is -0.502. The second-order valence-corrected chi connectivity index (χ2v) is 4.54. The summed E-state index contributed by atoms with van der Waals surface area (Å²) in [7, 11) is 0. The van der Waals surface area contributed by atoms with E-state index in [1.165, 1.54) is 0 Å². The molecule has 1 heterocycles. The first kappa shape index (κ1) is 13.0. The zero-order chi connectivity index (χ0) is 12.1. The molecule has 0 aliphatic carbocycles. The number of nitrogens with zero attached hydrogens (tertiary/aromatic N) is 2. The molecule has 1 rings (SSSR count). The third-order valence-electron chi connectivity index (χ3n) is 3.25. The number of carbonyl (C=O) groups excluding carboxylic acids is 1. The van der Waals surface area contributed by atoms with E-state index in [-0.39, 0.29) is 17.9 Å². The molecule has 16 heavy (non-hydrogen) atoms. The van der Waals surface area contributed by atoms with Gasteiger partial charge in [0, 0.05) is 19.0 Å². The Labute approximate surface area is 96.9 Å². The number of hydrogen-bond donors (Lipinski definition) is 1. The van der Waals surface area contributed by atoms with E-state index in [0.29, 0.717) is 19.5 Å². The van der Waals surface area contributed by atoms with E-state index in [2.05, 4.69) is 6.07 Å². The molecule has 4 nitrogen and oxygen atoms in total. The lowest BCUT2D eigenvalue weighted by Crippen LogP contribution is -2.34. The maximum atomic E-state index is 12.0. The Morgan fingerprint density at radius 2 is 2.38 bits per heavy atom. The zero-order valence-corrected chi connectivity index (χ0v) is 10.0. The fourth-order valence-corrected chi connectivity index (χ4v) is 2.13. The minimum absolute atomic E-state index is 0.0625. The van der Waals surface area contributed by atoms with E-state index < -0.39 is 5.92 Å². The third-order valence-corrected chi connectivity index (χ3v) is 3.25. The van der Waals surface area contributed by atoms with Crippen LogP contribution in [-0.4, -0.2) is 35.1 Å². The molecule has 3 atom stereocenters. The minimum Gasteiger partial charge on any atom is -0.393 e. The molecule has 1 amide bonds. The molecule has 90 valence electrons. The van der Waals surface area contributed by atoms with E-state index in [4.69, 9.17) is 5.26 Å². The van der Waals surface area contributed by atoms with Gasteiger partial charge in [-0.3, -0.25) is 4.79 Å². The monoisotopic (exact) mass is 224 g/mol. The van der Waals surface area contributed by atoms with Crippen molar-refractivity contribution in [1.82, 2.24) is 4.90 Å². The van der Waals surface area contributed by atoms with Crippen LogP contribution < -0.4 is 0 Å². The quantitative estimate of drug-likeness (QED) is 0.779. The number of aliphatic hydroxyl groups excluding tert-OH is 1. The fraction of sp³-hybridized carbons (Fsp3) is 0.833. The van der Waals surface area contributed by atoms with E-state index in [1.54, 1.807) is 11.8 Å². The van der Waals surface area contributed by atoms with Crippen LogP contribution in [0.4, 0.5) is 0 Å². The van der Waals surface area contributed by atoms with Gasteiger partial charge in [0.25, 0.3) is 0 Å². The van der Waals surface area contributed by atoms with Crippen LogP contribution in [0.25, 0.3) is 0 Å². The van der Waals surface area contributed by atoms with E-state index in [1.807, 2.05) is 6.92 Å². The summed E-state index contributed by atoms with van der Waals surface area (Å²) in [5.74, 6) is -0.393. The summed E-state index contributed by atoms with van der Waals surface area (Å²) < 4.78 is 0. The molecule has 0 spiro atoms. The lowest BCUT2D eigenvalue weighted by Gasteiger charge is -2.20. The first-order valence-electron chi connectivity index (χ1n) is 5.96. The van der Waals surface area contributed by atoms with Crippen molar-refractivity contribution < 1.29 is 9.90 Å². The standard InChI is InChI=1S/C12H20N2O2/c1-3-4-10(7-13)12(16)14-6-5-11(8-14)9(2)15/h9-11,15H,3-6,8H2,1-2H3. The molecule has 1 aliphatic heterocycles. The number of amides is 1. The van der Waals surface area contributed by atoms with Crippen molar-refractivity contribution in [3.63, 3.8) is 0 Å². The van der Waals surface area contributed by atoms with E-state index in [9.17, 15) is 9.90 Å². The Bertz CT molecular complexity index is 283. The first-order valence-corrected chi connectivity index (χ1v) is 5.96. The average Bonchev–Trinajstić information content (AvgIpc) is 2.74. The smallest absolute Gasteiger partial charge is 0.239 e. The molecule has 1 N–H and O–H groups in total. The number of carbonyl (C=O) groups is 1. The molecule has 1 aliphatic rings. The highest BCUT2D eigenvalue weighted by molar-refractivity contribution is 5.81. The van der Waals surface area contributed by atoms with E-state index >= 15 is 0 Å². The number of nitriles is 1. The maximum Gasteiger partial charge on any atom is 0.239 e. The Morgan fingerprint density at radius 3 is 2.81 bits per heavy atom. The third kappa shape index (κ3) is 2.96. The van der Waals surface area contributed by atoms with Crippen LogP contribution in [0, 0.1) is 23.2 Å². The van der Waals surface area contributed by atoms with Crippen LogP contribution >= 0.6 is 0 Å². The lowest BCUT2D eigenvalue weighted by atomic mass is 10.0. The average molecular weight is 224 g/mol. The van der Waals surface area contributed by atoms with Gasteiger partial charge in [-0.25, -0.2) is 0 Å². The van der Waals surface area contributed by atoms with Crippen molar-refractivity contribution in [3.05, 3.63) is 0 Å². The predicted molar refractivity (Wildman–Crippen MR) is 60.4 cm³/mol. The van der Waals surface area contributed by atoms with Gasteiger partial charge in [-0.15, -0.1) is 0 Å². The van der Waals surface area contributed by atoms with Gasteiger partial charge in [-0.1, -0.05) is 13.3 Å². The van der Waals surface area contributed by atoms with Crippen LogP contribution in [-0.2, 0) is 4.79 Å². The molecular formula is C12H20N2O2. The molecule has 0 radical (unpaired) electrons. The maximum absolute atomic E-state index is 12.0. The fourth-order valence-electron chi connectivity index (χ4n) is 2.13. The van der Waals surface area contributed by atoms with Crippen molar-refractivity contribution >= 4 is 5.91 Å². The Kier molecular flexibility index (Phi) is 4.75. The van der Waals surface area contributed by atoms with Gasteiger partial charge >= 0.3 is 0 Å². The van der Waals surface area contributed by atoms with Gasteiger partial charge < -0.3 is 10.0 Å². The highest BCUT2D eigenvalue weighted by Crippen LogP contribution is 2.22. The van der Waals surface area contributed by atoms with Crippen LogP contribution in [0.5, 0.6) is 0 Å². The van der Waals surface area contributed by atoms with Crippen molar-refractivity contribution in [2.45, 2.75) is 39.2 Å². The first-order chi connectivity index (χ1) is 7.60. The van der Waals surface area contributed by atoms with Gasteiger partial charge in [0.2, 0.25) is 5.91 Å². The van der Waals surface area contributed by atoms with Crippen LogP contribution in [0.2, 0.25) is 0 Å². The summed E-state index contributed by atoms with van der Waals surface area (Å²) in [4.78, 5) is 13.7. The summed E-state index contributed by atoms with van der Waals surface area (Å²) in [6.45, 7) is 5.00. The van der Waals surface area contributed by atoms with Crippen molar-refractivity contribution in [1.29, 1.82) is 5.26 Å². The largest absolute Gasteiger partial charge is 0.393 e. The lowest BCUT2D eigenvalue weighted by molar-refractivity contribution is -0.133. The van der Waals surface area contributed by atoms with Crippen molar-refractivity contribution in [2.24, 2.45) is 11.8 Å². The Morgan fingerprint density at radius 1 is 1.69 bits per heavy atom. The normalized spacial score (nSPS) is 23.9. The van der Waals surface area contributed by atoms with Crippen molar-refractivity contribution in [3.8, 4) is 6.07 Å². The van der Waals surface area contributed by atoms with Gasteiger partial charge in [-0.2, -0.15) is 5.26 Å². The SMILES string of the molecule is CCCC(C#N)C(=O)N1CCC(C(C)O)C1. The molecule has 1 saturated heterocycles. The summed E-state index contributed by atoms with van der Waals surface area (Å²) in [5.41, 5.74) is 0. The molecule has 0 aromatic rings. The second kappa shape index (κ2) is 5.86. The number of likely N-dealkylation sites (tertiary alicyclic amines) is 1. The highest BCUT2D eigenvalue weighted by Gasteiger charge is 2.32. The summed E-state index contributed by atoms with van der Waals surface area (Å²) in [5, 5.41) is 18.4. The van der Waals surface area contributed by atoms with Crippen LogP contribution in [0.15, 0.2) is 0 Å². The van der Waals surface area contributed by atoms with Gasteiger partial charge in [0.15, 0.2) is 0 Å². The molecular weight excluding hydrogens is 204 g/mol. The zero-order valence-electron chi connectivity index (χ0n) is 10.0. The molecule has 0 saturated carbocycles. The van der Waals surface area contributed by atoms with Gasteiger partial charge in [0.05, 0.1) is 12.2 Å². The number of rotatable bonds is 4. The van der Waals surface area contributed by atoms with Crippen LogP contribution in [0.1, 0.15) is 33.1 Å². The van der Waals surface area contributed by atoms with E-state index in [0.717, 1.165) is 12.8 Å². The van der Waals surface area contributed by atoms with Crippen molar-refractivity contribution in [2.75, 3.05) is 13.1 Å². The predicted octanol–water partition coefficient (Wildman–Crippen LogP) is 1.16. The molecule has 4 heteroatoms. The van der Waals surface area contributed by atoms with Gasteiger partial charge in [-0.05, 0) is 19.8 Å². The molecule has 0 aromatic heterocycles. The topological polar surface area (TPSA) is 64.3 Å². The highest BCUT2D eigenvalue weighted by atomic mass is 16.3. The second-order valence-electron chi connectivity index (χ2n) is 4.54. The molecule has 1 fully saturated rings. The molecule has 0 aromatic carbocycles. The van der Waals surface area contributed by atoms with Gasteiger partial charge in [0.1, 0.15) is 5.92 Å². The molecule has 3 unspecified atom stereocenters. The Balaban J connectivity index is 2.53. The molecule has 0 bridgehead atoms. The number of aliphatic hydroxyl groups is 1.